The lowest BCUT2D eigenvalue weighted by atomic mass is 9.89. The smallest absolute Gasteiger partial charge is 0.122 e. The maximum atomic E-state index is 8.97. The second-order valence-electron chi connectivity index (χ2n) is 5.81. The quantitative estimate of drug-likeness (QED) is 0.709. The molecule has 0 fully saturated rings. The molecule has 21 heavy (non-hydrogen) atoms. The van der Waals surface area contributed by atoms with E-state index >= 15 is 0 Å². The summed E-state index contributed by atoms with van der Waals surface area (Å²) in [6.45, 7) is 5.18. The monoisotopic (exact) mass is 290 g/mol. The highest BCUT2D eigenvalue weighted by Crippen LogP contribution is 2.25. The van der Waals surface area contributed by atoms with E-state index in [1.54, 1.807) is 7.11 Å². The van der Waals surface area contributed by atoms with Crippen molar-refractivity contribution in [3.8, 4) is 17.6 Å². The molecule has 0 atom stereocenters. The normalized spacial score (nSPS) is 11.0. The molecule has 1 rings (SSSR count). The first-order valence-electron chi connectivity index (χ1n) is 7.43. The van der Waals surface area contributed by atoms with E-state index in [0.29, 0.717) is 13.2 Å². The predicted molar refractivity (Wildman–Crippen MR) is 84.5 cm³/mol. The summed E-state index contributed by atoms with van der Waals surface area (Å²) in [5, 5.41) is 8.97. The van der Waals surface area contributed by atoms with Crippen molar-refractivity contribution in [2.24, 2.45) is 11.1 Å². The Hall–Kier alpha value is -1.73. The molecule has 2 N–H and O–H groups in total. The Bertz CT molecular complexity index is 478. The van der Waals surface area contributed by atoms with Gasteiger partial charge in [0, 0.05) is 0 Å². The van der Waals surface area contributed by atoms with Crippen molar-refractivity contribution in [2.45, 2.75) is 39.5 Å². The fourth-order valence-corrected chi connectivity index (χ4v) is 2.08. The number of nitriles is 1. The lowest BCUT2D eigenvalue weighted by Gasteiger charge is -2.15. The molecule has 0 radical (unpaired) electrons. The Kier molecular flexibility index (Phi) is 7.04. The summed E-state index contributed by atoms with van der Waals surface area (Å²) in [5.41, 5.74) is 6.47. The van der Waals surface area contributed by atoms with Gasteiger partial charge in [-0.1, -0.05) is 0 Å². The minimum atomic E-state index is -0.245. The highest BCUT2D eigenvalue weighted by Gasteiger charge is 2.15. The highest BCUT2D eigenvalue weighted by atomic mass is 16.5. The predicted octanol–water partition coefficient (Wildman–Crippen LogP) is 3.30. The van der Waals surface area contributed by atoms with Crippen molar-refractivity contribution in [1.29, 1.82) is 5.26 Å². The topological polar surface area (TPSA) is 68.3 Å². The first-order valence-corrected chi connectivity index (χ1v) is 7.43. The third kappa shape index (κ3) is 6.05. The van der Waals surface area contributed by atoms with Crippen LogP contribution >= 0.6 is 0 Å². The van der Waals surface area contributed by atoms with Crippen molar-refractivity contribution in [1.82, 2.24) is 0 Å². The SMILES string of the molecule is COc1ccc(OCCCCC(C)(C)C#N)c(CCN)c1. The number of hydrogen-bond donors (Lipinski definition) is 1. The molecule has 0 saturated carbocycles. The van der Waals surface area contributed by atoms with Crippen molar-refractivity contribution in [3.63, 3.8) is 0 Å². The molecule has 0 aliphatic carbocycles. The number of unbranched alkanes of at least 4 members (excludes halogenated alkanes) is 1. The summed E-state index contributed by atoms with van der Waals surface area (Å²) in [4.78, 5) is 0. The van der Waals surface area contributed by atoms with E-state index < -0.39 is 0 Å². The molecule has 116 valence electrons. The lowest BCUT2D eigenvalue weighted by molar-refractivity contribution is 0.292. The molecule has 0 unspecified atom stereocenters. The minimum absolute atomic E-state index is 0.245. The average molecular weight is 290 g/mol. The summed E-state index contributed by atoms with van der Waals surface area (Å²) in [5.74, 6) is 1.70. The van der Waals surface area contributed by atoms with E-state index in [1.165, 1.54) is 0 Å². The summed E-state index contributed by atoms with van der Waals surface area (Å²) >= 11 is 0. The van der Waals surface area contributed by atoms with Gasteiger partial charge < -0.3 is 15.2 Å². The van der Waals surface area contributed by atoms with Crippen LogP contribution in [0.3, 0.4) is 0 Å². The van der Waals surface area contributed by atoms with E-state index in [0.717, 1.165) is 42.7 Å². The fourth-order valence-electron chi connectivity index (χ4n) is 2.08. The molecule has 4 nitrogen and oxygen atoms in total. The van der Waals surface area contributed by atoms with Gasteiger partial charge in [-0.15, -0.1) is 0 Å². The second-order valence-corrected chi connectivity index (χ2v) is 5.81. The molecule has 0 aromatic heterocycles. The summed E-state index contributed by atoms with van der Waals surface area (Å²) < 4.78 is 11.1. The molecule has 1 aromatic rings. The maximum absolute atomic E-state index is 8.97. The summed E-state index contributed by atoms with van der Waals surface area (Å²) in [7, 11) is 1.65. The van der Waals surface area contributed by atoms with Crippen LogP contribution in [-0.2, 0) is 6.42 Å². The molecule has 0 amide bonds. The van der Waals surface area contributed by atoms with E-state index in [2.05, 4.69) is 6.07 Å². The third-order valence-electron chi connectivity index (χ3n) is 3.44. The van der Waals surface area contributed by atoms with Gasteiger partial charge in [0.15, 0.2) is 0 Å². The first kappa shape index (κ1) is 17.3. The zero-order chi connectivity index (χ0) is 15.7. The fraction of sp³-hybridized carbons (Fsp3) is 0.588. The van der Waals surface area contributed by atoms with E-state index in [9.17, 15) is 0 Å². The van der Waals surface area contributed by atoms with Crippen molar-refractivity contribution in [3.05, 3.63) is 23.8 Å². The largest absolute Gasteiger partial charge is 0.497 e. The number of rotatable bonds is 9. The number of hydrogen-bond acceptors (Lipinski definition) is 4. The molecule has 1 aromatic carbocycles. The van der Waals surface area contributed by atoms with Gasteiger partial charge in [-0.25, -0.2) is 0 Å². The van der Waals surface area contributed by atoms with Crippen LogP contribution in [0.1, 0.15) is 38.7 Å². The van der Waals surface area contributed by atoms with Crippen LogP contribution in [0.4, 0.5) is 0 Å². The van der Waals surface area contributed by atoms with Crippen molar-refractivity contribution < 1.29 is 9.47 Å². The van der Waals surface area contributed by atoms with Gasteiger partial charge in [0.25, 0.3) is 0 Å². The van der Waals surface area contributed by atoms with E-state index in [-0.39, 0.29) is 5.41 Å². The number of nitrogens with zero attached hydrogens (tertiary/aromatic N) is 1. The van der Waals surface area contributed by atoms with Gasteiger partial charge in [-0.3, -0.25) is 0 Å². The van der Waals surface area contributed by atoms with Crippen LogP contribution in [0, 0.1) is 16.7 Å². The van der Waals surface area contributed by atoms with Crippen molar-refractivity contribution in [2.75, 3.05) is 20.3 Å². The van der Waals surface area contributed by atoms with Crippen molar-refractivity contribution >= 4 is 0 Å². The molecule has 0 heterocycles. The van der Waals surface area contributed by atoms with E-state index in [1.807, 2.05) is 32.0 Å². The van der Waals surface area contributed by atoms with Gasteiger partial charge >= 0.3 is 0 Å². The zero-order valence-corrected chi connectivity index (χ0v) is 13.3. The molecule has 0 bridgehead atoms. The summed E-state index contributed by atoms with van der Waals surface area (Å²) in [6, 6.07) is 8.12. The van der Waals surface area contributed by atoms with E-state index in [4.69, 9.17) is 20.5 Å². The van der Waals surface area contributed by atoms with Gasteiger partial charge in [0.05, 0.1) is 25.2 Å². The van der Waals surface area contributed by atoms with Gasteiger partial charge in [-0.05, 0) is 69.8 Å². The second kappa shape index (κ2) is 8.53. The Morgan fingerprint density at radius 1 is 1.29 bits per heavy atom. The van der Waals surface area contributed by atoms with Gasteiger partial charge in [0.1, 0.15) is 11.5 Å². The van der Waals surface area contributed by atoms with Crippen LogP contribution < -0.4 is 15.2 Å². The third-order valence-corrected chi connectivity index (χ3v) is 3.44. The number of methoxy groups -OCH3 is 1. The summed E-state index contributed by atoms with van der Waals surface area (Å²) in [6.07, 6.45) is 3.60. The maximum Gasteiger partial charge on any atom is 0.122 e. The average Bonchev–Trinajstić information content (AvgIpc) is 2.48. The number of nitrogens with two attached hydrogens (primary N) is 1. The first-order chi connectivity index (χ1) is 10.0. The number of benzene rings is 1. The van der Waals surface area contributed by atoms with Crippen LogP contribution in [0.25, 0.3) is 0 Å². The number of ether oxygens (including phenoxy) is 2. The van der Waals surface area contributed by atoms with Gasteiger partial charge in [0.2, 0.25) is 0 Å². The molecular weight excluding hydrogens is 264 g/mol. The van der Waals surface area contributed by atoms with Crippen LogP contribution in [-0.4, -0.2) is 20.3 Å². The molecule has 0 spiro atoms. The Morgan fingerprint density at radius 3 is 2.67 bits per heavy atom. The molecular formula is C17H26N2O2. The molecule has 0 aliphatic heterocycles. The zero-order valence-electron chi connectivity index (χ0n) is 13.3. The molecule has 4 heteroatoms. The van der Waals surface area contributed by atoms with Crippen LogP contribution in [0.2, 0.25) is 0 Å². The van der Waals surface area contributed by atoms with Crippen LogP contribution in [0.15, 0.2) is 18.2 Å². The lowest BCUT2D eigenvalue weighted by Crippen LogP contribution is -2.09. The highest BCUT2D eigenvalue weighted by molar-refractivity contribution is 5.40. The Balaban J connectivity index is 2.46. The van der Waals surface area contributed by atoms with Gasteiger partial charge in [-0.2, -0.15) is 5.26 Å². The minimum Gasteiger partial charge on any atom is -0.497 e. The standard InChI is InChI=1S/C17H26N2O2/c1-17(2,13-19)9-4-5-11-21-16-7-6-15(20-3)12-14(16)8-10-18/h6-7,12H,4-5,8-11,18H2,1-3H3. The Labute approximate surface area is 127 Å². The molecule has 0 saturated heterocycles. The molecule has 0 aliphatic rings. The van der Waals surface area contributed by atoms with Crippen LogP contribution in [0.5, 0.6) is 11.5 Å². The Morgan fingerprint density at radius 2 is 2.05 bits per heavy atom.